The second-order valence-electron chi connectivity index (χ2n) is 5.29. The van der Waals surface area contributed by atoms with Crippen LogP contribution in [0.5, 0.6) is 0 Å². The lowest BCUT2D eigenvalue weighted by Crippen LogP contribution is -2.27. The van der Waals surface area contributed by atoms with Gasteiger partial charge in [0.05, 0.1) is 6.20 Å². The van der Waals surface area contributed by atoms with Crippen LogP contribution in [-0.2, 0) is 16.6 Å². The molecule has 6 nitrogen and oxygen atoms in total. The van der Waals surface area contributed by atoms with Crippen molar-refractivity contribution in [1.82, 2.24) is 19.8 Å². The Labute approximate surface area is 122 Å². The van der Waals surface area contributed by atoms with Gasteiger partial charge in [-0.3, -0.25) is 4.68 Å². The lowest BCUT2D eigenvalue weighted by molar-refractivity contribution is 0.540. The fraction of sp³-hybridized carbons (Fsp3) is 0.769. The van der Waals surface area contributed by atoms with E-state index in [4.69, 9.17) is 0 Å². The summed E-state index contributed by atoms with van der Waals surface area (Å²) in [5, 5.41) is 7.40. The molecule has 1 aromatic heterocycles. The monoisotopic (exact) mass is 302 g/mol. The lowest BCUT2D eigenvalue weighted by atomic mass is 10.2. The molecule has 0 aliphatic heterocycles. The molecule has 0 aromatic carbocycles. The van der Waals surface area contributed by atoms with Crippen molar-refractivity contribution >= 4 is 10.0 Å². The average Bonchev–Trinajstić information content (AvgIpc) is 2.86. The molecular formula is C13H26N4O2S. The molecule has 0 unspecified atom stereocenters. The minimum absolute atomic E-state index is 0.236. The van der Waals surface area contributed by atoms with Crippen LogP contribution in [0.4, 0.5) is 0 Å². The first-order chi connectivity index (χ1) is 9.45. The first kappa shape index (κ1) is 17.1. The van der Waals surface area contributed by atoms with E-state index in [1.807, 2.05) is 13.8 Å². The molecule has 0 aliphatic carbocycles. The third kappa shape index (κ3) is 6.02. The van der Waals surface area contributed by atoms with Crippen molar-refractivity contribution in [3.8, 4) is 0 Å². The van der Waals surface area contributed by atoms with E-state index in [-0.39, 0.29) is 10.8 Å². The Morgan fingerprint density at radius 1 is 1.35 bits per heavy atom. The Balaban J connectivity index is 2.45. The van der Waals surface area contributed by atoms with Crippen LogP contribution in [0.1, 0.15) is 33.6 Å². The number of aryl methyl sites for hydroxylation is 1. The van der Waals surface area contributed by atoms with E-state index < -0.39 is 10.0 Å². The van der Waals surface area contributed by atoms with Crippen LogP contribution in [0.3, 0.4) is 0 Å². The zero-order valence-corrected chi connectivity index (χ0v) is 13.4. The summed E-state index contributed by atoms with van der Waals surface area (Å²) >= 11 is 0. The molecule has 0 saturated carbocycles. The highest BCUT2D eigenvalue weighted by Gasteiger charge is 2.16. The van der Waals surface area contributed by atoms with Gasteiger partial charge in [-0.25, -0.2) is 13.1 Å². The zero-order valence-electron chi connectivity index (χ0n) is 12.6. The summed E-state index contributed by atoms with van der Waals surface area (Å²) in [5.74, 6) is 0.282. The summed E-state index contributed by atoms with van der Waals surface area (Å²) < 4.78 is 28.2. The fourth-order valence-corrected chi connectivity index (χ4v) is 2.80. The molecule has 1 rings (SSSR count). The Bertz CT molecular complexity index is 482. The normalized spacial score (nSPS) is 12.2. The molecule has 7 heteroatoms. The van der Waals surface area contributed by atoms with E-state index in [9.17, 15) is 8.42 Å². The van der Waals surface area contributed by atoms with Crippen LogP contribution in [0.25, 0.3) is 0 Å². The predicted octanol–water partition coefficient (Wildman–Crippen LogP) is 1.21. The lowest BCUT2D eigenvalue weighted by Gasteiger charge is -2.06. The van der Waals surface area contributed by atoms with Crippen LogP contribution >= 0.6 is 0 Å². The SMILES string of the molecule is CCCNCCCn1cc(S(=O)(=O)NCC(C)C)cn1. The number of rotatable bonds is 10. The van der Waals surface area contributed by atoms with E-state index >= 15 is 0 Å². The topological polar surface area (TPSA) is 76.0 Å². The van der Waals surface area contributed by atoms with E-state index in [1.54, 1.807) is 10.9 Å². The van der Waals surface area contributed by atoms with Crippen molar-refractivity contribution < 1.29 is 8.42 Å². The average molecular weight is 302 g/mol. The maximum atomic E-state index is 12.0. The number of nitrogens with zero attached hydrogens (tertiary/aromatic N) is 2. The molecule has 0 amide bonds. The van der Waals surface area contributed by atoms with Gasteiger partial charge >= 0.3 is 0 Å². The van der Waals surface area contributed by atoms with Crippen molar-refractivity contribution in [2.75, 3.05) is 19.6 Å². The molecule has 0 radical (unpaired) electrons. The number of nitrogens with one attached hydrogen (secondary N) is 2. The Kier molecular flexibility index (Phi) is 7.18. The number of sulfonamides is 1. The maximum absolute atomic E-state index is 12.0. The standard InChI is InChI=1S/C13H26N4O2S/c1-4-6-14-7-5-8-17-11-13(10-15-17)20(18,19)16-9-12(2)3/h10-12,14,16H,4-9H2,1-3H3. The summed E-state index contributed by atoms with van der Waals surface area (Å²) in [4.78, 5) is 0.236. The van der Waals surface area contributed by atoms with Crippen LogP contribution in [-0.4, -0.2) is 37.8 Å². The molecule has 0 fully saturated rings. The van der Waals surface area contributed by atoms with Crippen molar-refractivity contribution in [2.45, 2.75) is 45.1 Å². The van der Waals surface area contributed by atoms with Gasteiger partial charge in [0.25, 0.3) is 0 Å². The van der Waals surface area contributed by atoms with Gasteiger partial charge in [-0.2, -0.15) is 5.10 Å². The summed E-state index contributed by atoms with van der Waals surface area (Å²) in [6, 6.07) is 0. The molecule has 2 N–H and O–H groups in total. The van der Waals surface area contributed by atoms with Gasteiger partial charge in [-0.1, -0.05) is 20.8 Å². The zero-order chi connectivity index (χ0) is 15.0. The number of hydrogen-bond donors (Lipinski definition) is 2. The van der Waals surface area contributed by atoms with Crippen LogP contribution < -0.4 is 10.0 Å². The van der Waals surface area contributed by atoms with Gasteiger partial charge in [0.2, 0.25) is 10.0 Å². The quantitative estimate of drug-likeness (QED) is 0.637. The molecule has 0 atom stereocenters. The highest BCUT2D eigenvalue weighted by molar-refractivity contribution is 7.89. The molecule has 0 spiro atoms. The van der Waals surface area contributed by atoms with Gasteiger partial charge in [-0.05, 0) is 31.8 Å². The smallest absolute Gasteiger partial charge is 0.243 e. The van der Waals surface area contributed by atoms with Crippen LogP contribution in [0, 0.1) is 5.92 Å². The van der Waals surface area contributed by atoms with Gasteiger partial charge in [0.15, 0.2) is 0 Å². The molecule has 0 aliphatic rings. The molecule has 116 valence electrons. The highest BCUT2D eigenvalue weighted by Crippen LogP contribution is 2.07. The Hall–Kier alpha value is -0.920. The third-order valence-electron chi connectivity index (χ3n) is 2.77. The molecular weight excluding hydrogens is 276 g/mol. The van der Waals surface area contributed by atoms with E-state index in [0.717, 1.165) is 32.5 Å². The highest BCUT2D eigenvalue weighted by atomic mass is 32.2. The largest absolute Gasteiger partial charge is 0.317 e. The second-order valence-corrected chi connectivity index (χ2v) is 7.06. The summed E-state index contributed by atoms with van der Waals surface area (Å²) in [7, 11) is -3.42. The Morgan fingerprint density at radius 3 is 2.75 bits per heavy atom. The van der Waals surface area contributed by atoms with Crippen LogP contribution in [0.2, 0.25) is 0 Å². The van der Waals surface area contributed by atoms with Crippen molar-refractivity contribution in [1.29, 1.82) is 0 Å². The van der Waals surface area contributed by atoms with Gasteiger partial charge < -0.3 is 5.32 Å². The van der Waals surface area contributed by atoms with Crippen molar-refractivity contribution in [2.24, 2.45) is 5.92 Å². The minimum atomic E-state index is -3.42. The second kappa shape index (κ2) is 8.39. The first-order valence-electron chi connectivity index (χ1n) is 7.18. The van der Waals surface area contributed by atoms with E-state index in [1.165, 1.54) is 6.20 Å². The maximum Gasteiger partial charge on any atom is 0.243 e. The fourth-order valence-electron chi connectivity index (χ4n) is 1.63. The summed E-state index contributed by atoms with van der Waals surface area (Å²) in [6.45, 7) is 9.15. The predicted molar refractivity (Wildman–Crippen MR) is 80.0 cm³/mol. The van der Waals surface area contributed by atoms with Gasteiger partial charge in [0.1, 0.15) is 4.90 Å². The van der Waals surface area contributed by atoms with Crippen LogP contribution in [0.15, 0.2) is 17.3 Å². The molecule has 1 aromatic rings. The van der Waals surface area contributed by atoms with Gasteiger partial charge in [-0.15, -0.1) is 0 Å². The first-order valence-corrected chi connectivity index (χ1v) is 8.67. The molecule has 1 heterocycles. The third-order valence-corrected chi connectivity index (χ3v) is 4.15. The van der Waals surface area contributed by atoms with Crippen molar-refractivity contribution in [3.05, 3.63) is 12.4 Å². The van der Waals surface area contributed by atoms with E-state index in [2.05, 4.69) is 22.1 Å². The van der Waals surface area contributed by atoms with E-state index in [0.29, 0.717) is 6.54 Å². The molecule has 0 saturated heterocycles. The molecule has 0 bridgehead atoms. The van der Waals surface area contributed by atoms with Crippen molar-refractivity contribution in [3.63, 3.8) is 0 Å². The minimum Gasteiger partial charge on any atom is -0.317 e. The summed E-state index contributed by atoms with van der Waals surface area (Å²) in [6.07, 6.45) is 5.04. The summed E-state index contributed by atoms with van der Waals surface area (Å²) in [5.41, 5.74) is 0. The van der Waals surface area contributed by atoms with Gasteiger partial charge in [0, 0.05) is 19.3 Å². The number of hydrogen-bond acceptors (Lipinski definition) is 4. The molecule has 20 heavy (non-hydrogen) atoms. The Morgan fingerprint density at radius 2 is 2.10 bits per heavy atom. The number of aromatic nitrogens is 2.